The van der Waals surface area contributed by atoms with Gasteiger partial charge in [-0.1, -0.05) is 31.4 Å². The second-order valence-corrected chi connectivity index (χ2v) is 7.41. The number of likely N-dealkylation sites (tertiary alicyclic amines) is 1. The van der Waals surface area contributed by atoms with Crippen LogP contribution in [0, 0.1) is 0 Å². The van der Waals surface area contributed by atoms with E-state index in [9.17, 15) is 14.7 Å². The van der Waals surface area contributed by atoms with Crippen molar-refractivity contribution < 1.29 is 9.90 Å². The number of amides is 1. The minimum atomic E-state index is -1.19. The van der Waals surface area contributed by atoms with Crippen LogP contribution in [0.1, 0.15) is 51.5 Å². The number of carbonyl (C=O) groups excluding carboxylic acids is 1. The second-order valence-electron chi connectivity index (χ2n) is 7.00. The molecule has 0 aliphatic carbocycles. The number of nitrogens with zero attached hydrogens (tertiary/aromatic N) is 3. The fourth-order valence-electron chi connectivity index (χ4n) is 3.72. The molecule has 1 saturated heterocycles. The maximum atomic E-state index is 12.4. The molecule has 2 aromatic heterocycles. The maximum absolute atomic E-state index is 12.4. The first-order chi connectivity index (χ1) is 12.4. The Morgan fingerprint density at radius 3 is 2.69 bits per heavy atom. The zero-order valence-electron chi connectivity index (χ0n) is 15.2. The summed E-state index contributed by atoms with van der Waals surface area (Å²) in [5, 5.41) is 11.7. The van der Waals surface area contributed by atoms with Crippen LogP contribution in [-0.4, -0.2) is 43.5 Å². The highest BCUT2D eigenvalue weighted by molar-refractivity contribution is 6.32. The van der Waals surface area contributed by atoms with Crippen LogP contribution in [0.15, 0.2) is 11.0 Å². The van der Waals surface area contributed by atoms with Gasteiger partial charge in [0.15, 0.2) is 5.65 Å². The molecule has 0 saturated carbocycles. The molecule has 2 N–H and O–H groups in total. The average Bonchev–Trinajstić information content (AvgIpc) is 2.91. The Kier molecular flexibility index (Phi) is 5.39. The number of pyridine rings is 1. The summed E-state index contributed by atoms with van der Waals surface area (Å²) >= 11 is 6.44. The molecule has 1 amide bonds. The number of imidazole rings is 1. The van der Waals surface area contributed by atoms with Gasteiger partial charge in [0.2, 0.25) is 5.91 Å². The van der Waals surface area contributed by atoms with E-state index >= 15 is 0 Å². The first-order valence-corrected chi connectivity index (χ1v) is 9.50. The van der Waals surface area contributed by atoms with Crippen molar-refractivity contribution in [3.05, 3.63) is 27.3 Å². The maximum Gasteiger partial charge on any atom is 0.327 e. The van der Waals surface area contributed by atoms with Crippen molar-refractivity contribution in [2.75, 3.05) is 13.1 Å². The molecule has 0 aromatic carbocycles. The topological polar surface area (TPSA) is 91.2 Å². The van der Waals surface area contributed by atoms with Crippen molar-refractivity contribution in [1.29, 1.82) is 0 Å². The molecular weight excluding hydrogens is 356 g/mol. The van der Waals surface area contributed by atoms with Crippen LogP contribution >= 0.6 is 11.6 Å². The van der Waals surface area contributed by atoms with Gasteiger partial charge >= 0.3 is 5.69 Å². The minimum absolute atomic E-state index is 0.00357. The normalized spacial score (nSPS) is 17.0. The van der Waals surface area contributed by atoms with Gasteiger partial charge in [0, 0.05) is 38.3 Å². The van der Waals surface area contributed by atoms with Crippen LogP contribution < -0.4 is 5.69 Å². The lowest BCUT2D eigenvalue weighted by Crippen LogP contribution is -2.44. The van der Waals surface area contributed by atoms with Crippen LogP contribution in [0.4, 0.5) is 0 Å². The van der Waals surface area contributed by atoms with Crippen LogP contribution in [0.25, 0.3) is 11.2 Å². The van der Waals surface area contributed by atoms with E-state index in [2.05, 4.69) is 16.9 Å². The largest absolute Gasteiger partial charge is 0.385 e. The molecule has 0 radical (unpaired) electrons. The van der Waals surface area contributed by atoms with Gasteiger partial charge < -0.3 is 10.0 Å². The van der Waals surface area contributed by atoms with E-state index in [-0.39, 0.29) is 11.6 Å². The number of H-pyrrole nitrogens is 1. The average molecular weight is 381 g/mol. The molecule has 7 nitrogen and oxygen atoms in total. The van der Waals surface area contributed by atoms with Crippen molar-refractivity contribution in [3.63, 3.8) is 0 Å². The molecule has 0 unspecified atom stereocenters. The Morgan fingerprint density at radius 2 is 2.08 bits per heavy atom. The number of hydrogen-bond acceptors (Lipinski definition) is 4. The van der Waals surface area contributed by atoms with E-state index in [1.807, 2.05) is 0 Å². The van der Waals surface area contributed by atoms with Crippen molar-refractivity contribution >= 4 is 28.7 Å². The molecule has 8 heteroatoms. The summed E-state index contributed by atoms with van der Waals surface area (Å²) in [6, 6.07) is 0. The van der Waals surface area contributed by atoms with E-state index in [0.29, 0.717) is 54.2 Å². The molecule has 1 aliphatic heterocycles. The van der Waals surface area contributed by atoms with Crippen LogP contribution in [-0.2, 0) is 16.9 Å². The first kappa shape index (κ1) is 18.9. The van der Waals surface area contributed by atoms with Crippen molar-refractivity contribution in [2.24, 2.45) is 0 Å². The van der Waals surface area contributed by atoms with Crippen molar-refractivity contribution in [1.82, 2.24) is 19.4 Å². The van der Waals surface area contributed by atoms with Gasteiger partial charge in [-0.3, -0.25) is 14.3 Å². The predicted octanol–water partition coefficient (Wildman–Crippen LogP) is 2.40. The zero-order valence-corrected chi connectivity index (χ0v) is 16.0. The molecule has 1 fully saturated rings. The molecule has 26 heavy (non-hydrogen) atoms. The standard InChI is InChI=1S/C18H25ClN4O3/c1-3-4-5-8-23-15-14(13(19)11-20-16(15)21-17(23)25)18(26)6-9-22(10-7-18)12(2)24/h11,26H,3-10H2,1-2H3,(H,20,21,25). The van der Waals surface area contributed by atoms with Crippen LogP contribution in [0.2, 0.25) is 5.02 Å². The Labute approximate surface area is 157 Å². The van der Waals surface area contributed by atoms with Gasteiger partial charge in [0.05, 0.1) is 16.1 Å². The fourth-order valence-corrected chi connectivity index (χ4v) is 4.03. The molecule has 3 heterocycles. The fraction of sp³-hybridized carbons (Fsp3) is 0.611. The lowest BCUT2D eigenvalue weighted by Gasteiger charge is -2.38. The minimum Gasteiger partial charge on any atom is -0.385 e. The number of aromatic amines is 1. The second kappa shape index (κ2) is 7.40. The molecule has 3 rings (SSSR count). The van der Waals surface area contributed by atoms with E-state index in [0.717, 1.165) is 19.3 Å². The number of carbonyl (C=O) groups is 1. The van der Waals surface area contributed by atoms with E-state index < -0.39 is 5.60 Å². The van der Waals surface area contributed by atoms with Gasteiger partial charge in [-0.25, -0.2) is 9.78 Å². The van der Waals surface area contributed by atoms with Gasteiger partial charge in [0.25, 0.3) is 0 Å². The number of hydrogen-bond donors (Lipinski definition) is 2. The van der Waals surface area contributed by atoms with Gasteiger partial charge in [-0.15, -0.1) is 0 Å². The quantitative estimate of drug-likeness (QED) is 0.779. The third-order valence-electron chi connectivity index (χ3n) is 5.23. The lowest BCUT2D eigenvalue weighted by atomic mass is 9.84. The molecular formula is C18H25ClN4O3. The van der Waals surface area contributed by atoms with Crippen molar-refractivity contribution in [2.45, 2.75) is 58.1 Å². The third-order valence-corrected chi connectivity index (χ3v) is 5.52. The number of unbranched alkanes of at least 4 members (excludes halogenated alkanes) is 2. The number of piperidine rings is 1. The Balaban J connectivity index is 2.06. The first-order valence-electron chi connectivity index (χ1n) is 9.13. The number of fused-ring (bicyclic) bond motifs is 1. The summed E-state index contributed by atoms with van der Waals surface area (Å²) in [7, 11) is 0. The predicted molar refractivity (Wildman–Crippen MR) is 100 cm³/mol. The lowest BCUT2D eigenvalue weighted by molar-refractivity contribution is -0.133. The highest BCUT2D eigenvalue weighted by Gasteiger charge is 2.39. The highest BCUT2D eigenvalue weighted by Crippen LogP contribution is 2.40. The number of rotatable bonds is 5. The monoisotopic (exact) mass is 380 g/mol. The molecule has 2 aromatic rings. The molecule has 0 atom stereocenters. The zero-order chi connectivity index (χ0) is 18.9. The summed E-state index contributed by atoms with van der Waals surface area (Å²) in [4.78, 5) is 32.7. The van der Waals surface area contributed by atoms with Gasteiger partial charge in [-0.05, 0) is 19.3 Å². The summed E-state index contributed by atoms with van der Waals surface area (Å²) in [5.74, 6) is -0.00357. The smallest absolute Gasteiger partial charge is 0.327 e. The Bertz CT molecular complexity index is 865. The summed E-state index contributed by atoms with van der Waals surface area (Å²) in [5.41, 5.74) is 0.135. The van der Waals surface area contributed by atoms with Gasteiger partial charge in [-0.2, -0.15) is 0 Å². The number of aromatic nitrogens is 3. The Hall–Kier alpha value is -1.86. The molecule has 0 spiro atoms. The van der Waals surface area contributed by atoms with E-state index in [1.54, 1.807) is 9.47 Å². The van der Waals surface area contributed by atoms with E-state index in [1.165, 1.54) is 13.1 Å². The summed E-state index contributed by atoms with van der Waals surface area (Å²) < 4.78 is 1.63. The summed E-state index contributed by atoms with van der Waals surface area (Å²) in [6.45, 7) is 5.09. The van der Waals surface area contributed by atoms with Gasteiger partial charge in [0.1, 0.15) is 0 Å². The third kappa shape index (κ3) is 3.38. The van der Waals surface area contributed by atoms with Crippen LogP contribution in [0.3, 0.4) is 0 Å². The molecule has 142 valence electrons. The number of nitrogens with one attached hydrogen (secondary N) is 1. The number of aryl methyl sites for hydroxylation is 1. The number of halogens is 1. The molecule has 0 bridgehead atoms. The SMILES string of the molecule is CCCCCn1c(=O)[nH]c2ncc(Cl)c(C3(O)CCN(C(C)=O)CC3)c21. The summed E-state index contributed by atoms with van der Waals surface area (Å²) in [6.07, 6.45) is 5.15. The number of aliphatic hydroxyl groups is 1. The Morgan fingerprint density at radius 1 is 1.38 bits per heavy atom. The molecule has 1 aliphatic rings. The highest BCUT2D eigenvalue weighted by atomic mass is 35.5. The van der Waals surface area contributed by atoms with Crippen LogP contribution in [0.5, 0.6) is 0 Å². The van der Waals surface area contributed by atoms with Crippen molar-refractivity contribution in [3.8, 4) is 0 Å². The van der Waals surface area contributed by atoms with E-state index in [4.69, 9.17) is 11.6 Å².